The number of hydrogen-bond donors (Lipinski definition) is 1. The van der Waals surface area contributed by atoms with Crippen LogP contribution in [0.1, 0.15) is 34.6 Å². The Labute approximate surface area is 79.3 Å². The van der Waals surface area contributed by atoms with Gasteiger partial charge in [-0.05, 0) is 24.8 Å². The van der Waals surface area contributed by atoms with Crippen LogP contribution in [0.3, 0.4) is 0 Å². The van der Waals surface area contributed by atoms with Gasteiger partial charge in [-0.1, -0.05) is 20.8 Å². The summed E-state index contributed by atoms with van der Waals surface area (Å²) in [5.74, 6) is 0.764. The van der Waals surface area contributed by atoms with Crippen LogP contribution >= 0.6 is 0 Å². The van der Waals surface area contributed by atoms with E-state index in [9.17, 15) is 5.11 Å². The van der Waals surface area contributed by atoms with Crippen LogP contribution < -0.4 is 0 Å². The van der Waals surface area contributed by atoms with Gasteiger partial charge >= 0.3 is 6.48 Å². The van der Waals surface area contributed by atoms with Crippen LogP contribution in [0.25, 0.3) is 0 Å². The van der Waals surface area contributed by atoms with Crippen molar-refractivity contribution in [2.24, 2.45) is 5.41 Å². The molecule has 0 aromatic carbocycles. The fourth-order valence-electron chi connectivity index (χ4n) is 1.35. The van der Waals surface area contributed by atoms with Crippen LogP contribution in [0.15, 0.2) is 11.3 Å². The molecule has 3 nitrogen and oxygen atoms in total. The molecule has 1 N–H and O–H groups in total. The summed E-state index contributed by atoms with van der Waals surface area (Å²) in [6, 6.07) is 0. The van der Waals surface area contributed by atoms with Crippen molar-refractivity contribution in [3.8, 4) is 0 Å². The number of aliphatic hydroxyl groups is 1. The maximum atomic E-state index is 9.20. The smallest absolute Gasteiger partial charge is 0.313 e. The molecule has 0 saturated carbocycles. The van der Waals surface area contributed by atoms with E-state index < -0.39 is 6.48 Å². The van der Waals surface area contributed by atoms with E-state index in [1.807, 2.05) is 13.8 Å². The van der Waals surface area contributed by atoms with Crippen LogP contribution in [0.5, 0.6) is 0 Å². The molecule has 76 valence electrons. The van der Waals surface area contributed by atoms with E-state index in [0.29, 0.717) is 0 Å². The van der Waals surface area contributed by atoms with E-state index in [0.717, 1.165) is 11.3 Å². The molecule has 1 fully saturated rings. The predicted octanol–water partition coefficient (Wildman–Crippen LogP) is 2.02. The highest BCUT2D eigenvalue weighted by Crippen LogP contribution is 2.36. The quantitative estimate of drug-likeness (QED) is 0.629. The largest absolute Gasteiger partial charge is 0.443 e. The molecule has 0 spiro atoms. The Morgan fingerprint density at radius 1 is 1.31 bits per heavy atom. The third-order valence-electron chi connectivity index (χ3n) is 2.00. The second-order valence-corrected chi connectivity index (χ2v) is 4.67. The molecule has 1 heterocycles. The Balaban J connectivity index is 2.92. The minimum absolute atomic E-state index is 0.0515. The molecule has 0 amide bonds. The summed E-state index contributed by atoms with van der Waals surface area (Å²) < 4.78 is 10.4. The Bertz CT molecular complexity index is 221. The van der Waals surface area contributed by atoms with Gasteiger partial charge in [0.1, 0.15) is 11.9 Å². The maximum Gasteiger partial charge on any atom is 0.313 e. The first-order chi connectivity index (χ1) is 5.82. The molecule has 1 aliphatic heterocycles. The molecule has 1 aliphatic rings. The highest BCUT2D eigenvalue weighted by Gasteiger charge is 2.39. The van der Waals surface area contributed by atoms with Gasteiger partial charge in [0.2, 0.25) is 0 Å². The van der Waals surface area contributed by atoms with Crippen molar-refractivity contribution >= 4 is 0 Å². The number of ether oxygens (including phenoxy) is 2. The molecule has 0 aromatic heterocycles. The van der Waals surface area contributed by atoms with E-state index in [4.69, 9.17) is 9.47 Å². The average molecular weight is 186 g/mol. The number of allylic oxidation sites excluding steroid dienone is 1. The van der Waals surface area contributed by atoms with Gasteiger partial charge in [-0.25, -0.2) is 0 Å². The lowest BCUT2D eigenvalue weighted by Crippen LogP contribution is -2.28. The second-order valence-electron chi connectivity index (χ2n) is 4.67. The van der Waals surface area contributed by atoms with Crippen LogP contribution in [-0.2, 0) is 9.47 Å². The Kier molecular flexibility index (Phi) is 2.68. The van der Waals surface area contributed by atoms with Crippen molar-refractivity contribution in [1.29, 1.82) is 0 Å². The molecular weight excluding hydrogens is 168 g/mol. The molecule has 3 heteroatoms. The number of aliphatic hydroxyl groups excluding tert-OH is 1. The van der Waals surface area contributed by atoms with Gasteiger partial charge in [-0.2, -0.15) is 0 Å². The number of hydrogen-bond acceptors (Lipinski definition) is 3. The van der Waals surface area contributed by atoms with E-state index in [2.05, 4.69) is 20.8 Å². The zero-order valence-electron chi connectivity index (χ0n) is 8.92. The van der Waals surface area contributed by atoms with Crippen LogP contribution in [0.4, 0.5) is 0 Å². The SMILES string of the molecule is CC(C)=C1OC(O)O[C@H]1C(C)(C)C. The summed E-state index contributed by atoms with van der Waals surface area (Å²) in [5, 5.41) is 9.20. The van der Waals surface area contributed by atoms with Crippen LogP contribution in [-0.4, -0.2) is 17.7 Å². The van der Waals surface area contributed by atoms with Gasteiger partial charge < -0.3 is 14.6 Å². The van der Waals surface area contributed by atoms with Gasteiger partial charge in [0.05, 0.1) is 0 Å². The van der Waals surface area contributed by atoms with E-state index >= 15 is 0 Å². The monoisotopic (exact) mass is 186 g/mol. The molecule has 1 rings (SSSR count). The van der Waals surface area contributed by atoms with Crippen molar-refractivity contribution < 1.29 is 14.6 Å². The fraction of sp³-hybridized carbons (Fsp3) is 0.800. The minimum atomic E-state index is -1.10. The zero-order chi connectivity index (χ0) is 10.2. The van der Waals surface area contributed by atoms with Crippen LogP contribution in [0.2, 0.25) is 0 Å². The lowest BCUT2D eigenvalue weighted by molar-refractivity contribution is -0.208. The van der Waals surface area contributed by atoms with Gasteiger partial charge in [-0.15, -0.1) is 0 Å². The van der Waals surface area contributed by atoms with Gasteiger partial charge in [0, 0.05) is 0 Å². The van der Waals surface area contributed by atoms with Crippen molar-refractivity contribution in [2.75, 3.05) is 0 Å². The van der Waals surface area contributed by atoms with Crippen molar-refractivity contribution in [3.05, 3.63) is 11.3 Å². The van der Waals surface area contributed by atoms with Crippen molar-refractivity contribution in [2.45, 2.75) is 47.2 Å². The van der Waals surface area contributed by atoms with Crippen molar-refractivity contribution in [1.82, 2.24) is 0 Å². The highest BCUT2D eigenvalue weighted by atomic mass is 16.8. The molecule has 0 bridgehead atoms. The summed E-state index contributed by atoms with van der Waals surface area (Å²) in [5.41, 5.74) is 1.00. The third-order valence-corrected chi connectivity index (χ3v) is 2.00. The lowest BCUT2D eigenvalue weighted by Gasteiger charge is -2.25. The normalized spacial score (nSPS) is 28.9. The average Bonchev–Trinajstić information content (AvgIpc) is 2.29. The first kappa shape index (κ1) is 10.5. The molecule has 0 aromatic rings. The fourth-order valence-corrected chi connectivity index (χ4v) is 1.35. The summed E-state index contributed by atoms with van der Waals surface area (Å²) in [4.78, 5) is 0. The van der Waals surface area contributed by atoms with Gasteiger partial charge in [-0.3, -0.25) is 0 Å². The topological polar surface area (TPSA) is 38.7 Å². The lowest BCUT2D eigenvalue weighted by atomic mass is 9.87. The molecular formula is C10H18O3. The van der Waals surface area contributed by atoms with Crippen LogP contribution in [0, 0.1) is 5.41 Å². The van der Waals surface area contributed by atoms with Crippen molar-refractivity contribution in [3.63, 3.8) is 0 Å². The standard InChI is InChI=1S/C10H18O3/c1-6(2)7-8(10(3,4)5)13-9(11)12-7/h8-9,11H,1-5H3/t8-,9?/m1/s1. The first-order valence-electron chi connectivity index (χ1n) is 4.50. The van der Waals surface area contributed by atoms with Gasteiger partial charge in [0.25, 0.3) is 0 Å². The first-order valence-corrected chi connectivity index (χ1v) is 4.50. The van der Waals surface area contributed by atoms with E-state index in [1.54, 1.807) is 0 Å². The summed E-state index contributed by atoms with van der Waals surface area (Å²) in [6.07, 6.45) is -0.146. The molecule has 0 radical (unpaired) electrons. The Morgan fingerprint density at radius 2 is 1.85 bits per heavy atom. The maximum absolute atomic E-state index is 9.20. The van der Waals surface area contributed by atoms with Gasteiger partial charge in [0.15, 0.2) is 0 Å². The summed E-state index contributed by atoms with van der Waals surface area (Å²) >= 11 is 0. The molecule has 1 unspecified atom stereocenters. The highest BCUT2D eigenvalue weighted by molar-refractivity contribution is 5.13. The molecule has 13 heavy (non-hydrogen) atoms. The minimum Gasteiger partial charge on any atom is -0.443 e. The Morgan fingerprint density at radius 3 is 2.15 bits per heavy atom. The van der Waals surface area contributed by atoms with E-state index in [-0.39, 0.29) is 11.5 Å². The Hall–Kier alpha value is -0.540. The predicted molar refractivity (Wildman–Crippen MR) is 49.8 cm³/mol. The third kappa shape index (κ3) is 2.23. The molecule has 1 saturated heterocycles. The number of rotatable bonds is 0. The zero-order valence-corrected chi connectivity index (χ0v) is 8.92. The summed E-state index contributed by atoms with van der Waals surface area (Å²) in [6.45, 7) is 8.98. The molecule has 2 atom stereocenters. The van der Waals surface area contributed by atoms with E-state index in [1.165, 1.54) is 0 Å². The molecule has 0 aliphatic carbocycles. The second kappa shape index (κ2) is 3.31. The summed E-state index contributed by atoms with van der Waals surface area (Å²) in [7, 11) is 0.